The molecule has 20 heavy (non-hydrogen) atoms. The van der Waals surface area contributed by atoms with Crippen molar-refractivity contribution in [3.63, 3.8) is 0 Å². The summed E-state index contributed by atoms with van der Waals surface area (Å²) in [5.41, 5.74) is -0.340. The molecule has 2 fully saturated rings. The van der Waals surface area contributed by atoms with E-state index in [-0.39, 0.29) is 17.6 Å². The number of hydrogen-bond donors (Lipinski definition) is 1. The van der Waals surface area contributed by atoms with Crippen molar-refractivity contribution >= 4 is 5.91 Å². The van der Waals surface area contributed by atoms with E-state index in [4.69, 9.17) is 4.74 Å². The molecule has 2 rings (SSSR count). The van der Waals surface area contributed by atoms with Crippen molar-refractivity contribution < 1.29 is 14.6 Å². The lowest BCUT2D eigenvalue weighted by molar-refractivity contribution is -0.177. The quantitative estimate of drug-likeness (QED) is 0.832. The van der Waals surface area contributed by atoms with Crippen molar-refractivity contribution in [1.82, 2.24) is 9.80 Å². The van der Waals surface area contributed by atoms with Gasteiger partial charge in [-0.15, -0.1) is 0 Å². The fourth-order valence-electron chi connectivity index (χ4n) is 3.35. The summed E-state index contributed by atoms with van der Waals surface area (Å²) in [6.07, 6.45) is 3.13. The largest absolute Gasteiger partial charge is 0.390 e. The number of ether oxygens (including phenoxy) is 1. The van der Waals surface area contributed by atoms with Gasteiger partial charge in [-0.05, 0) is 39.5 Å². The Hall–Kier alpha value is -0.650. The van der Waals surface area contributed by atoms with Gasteiger partial charge in [-0.2, -0.15) is 0 Å². The maximum atomic E-state index is 12.1. The molecule has 2 heterocycles. The minimum absolute atomic E-state index is 0.205. The number of aliphatic hydroxyl groups is 1. The van der Waals surface area contributed by atoms with E-state index in [1.54, 1.807) is 0 Å². The molecule has 1 amide bonds. The first-order valence-corrected chi connectivity index (χ1v) is 7.93. The highest BCUT2D eigenvalue weighted by molar-refractivity contribution is 5.78. The molecule has 0 radical (unpaired) electrons. The van der Waals surface area contributed by atoms with Crippen LogP contribution in [-0.2, 0) is 9.53 Å². The number of nitrogens with zero attached hydrogens (tertiary/aromatic N) is 2. The third kappa shape index (κ3) is 3.32. The number of carbonyl (C=O) groups excluding carboxylic acids is 1. The second-order valence-electron chi connectivity index (χ2n) is 5.91. The number of likely N-dealkylation sites (N-methyl/N-ethyl adjacent to an activating group) is 1. The Morgan fingerprint density at radius 3 is 2.55 bits per heavy atom. The van der Waals surface area contributed by atoms with Gasteiger partial charge in [0, 0.05) is 32.8 Å². The summed E-state index contributed by atoms with van der Waals surface area (Å²) in [5.74, 6) is 0.205. The first-order valence-electron chi connectivity index (χ1n) is 7.93. The Bertz CT molecular complexity index is 323. The van der Waals surface area contributed by atoms with Crippen LogP contribution in [0.15, 0.2) is 0 Å². The van der Waals surface area contributed by atoms with Crippen LogP contribution < -0.4 is 0 Å². The molecule has 0 bridgehead atoms. The maximum absolute atomic E-state index is 12.1. The molecule has 1 atom stereocenters. The molecule has 1 N–H and O–H groups in total. The van der Waals surface area contributed by atoms with E-state index in [0.29, 0.717) is 6.54 Å². The molecule has 0 aliphatic carbocycles. The molecule has 0 aromatic rings. The van der Waals surface area contributed by atoms with Gasteiger partial charge >= 0.3 is 0 Å². The Morgan fingerprint density at radius 1 is 1.35 bits per heavy atom. The van der Waals surface area contributed by atoms with Crippen LogP contribution in [0.2, 0.25) is 0 Å². The molecule has 2 saturated heterocycles. The molecule has 0 unspecified atom stereocenters. The van der Waals surface area contributed by atoms with Gasteiger partial charge in [0.2, 0.25) is 5.91 Å². The van der Waals surface area contributed by atoms with Gasteiger partial charge < -0.3 is 14.7 Å². The van der Waals surface area contributed by atoms with Crippen LogP contribution in [0.5, 0.6) is 0 Å². The van der Waals surface area contributed by atoms with Crippen molar-refractivity contribution in [1.29, 1.82) is 0 Å². The normalized spacial score (nSPS) is 26.6. The molecule has 2 aliphatic heterocycles. The Morgan fingerprint density at radius 2 is 2.00 bits per heavy atom. The van der Waals surface area contributed by atoms with E-state index >= 15 is 0 Å². The molecule has 0 aromatic carbocycles. The maximum Gasteiger partial charge on any atom is 0.236 e. The zero-order valence-corrected chi connectivity index (χ0v) is 12.8. The van der Waals surface area contributed by atoms with Crippen LogP contribution in [0, 0.1) is 0 Å². The zero-order valence-electron chi connectivity index (χ0n) is 12.8. The predicted molar refractivity (Wildman–Crippen MR) is 77.5 cm³/mol. The molecule has 2 aliphatic rings. The van der Waals surface area contributed by atoms with Gasteiger partial charge in [-0.25, -0.2) is 0 Å². The highest BCUT2D eigenvalue weighted by atomic mass is 16.5. The van der Waals surface area contributed by atoms with Crippen LogP contribution in [0.1, 0.15) is 39.5 Å². The smallest absolute Gasteiger partial charge is 0.236 e. The summed E-state index contributed by atoms with van der Waals surface area (Å²) < 4.78 is 5.89. The van der Waals surface area contributed by atoms with Crippen LogP contribution in [0.4, 0.5) is 0 Å². The summed E-state index contributed by atoms with van der Waals surface area (Å²) in [6.45, 7) is 8.50. The minimum Gasteiger partial charge on any atom is -0.390 e. The Balaban J connectivity index is 1.83. The highest BCUT2D eigenvalue weighted by Gasteiger charge is 2.43. The van der Waals surface area contributed by atoms with Crippen LogP contribution in [0.3, 0.4) is 0 Å². The van der Waals surface area contributed by atoms with Crippen molar-refractivity contribution in [2.75, 3.05) is 39.3 Å². The van der Waals surface area contributed by atoms with Gasteiger partial charge in [0.15, 0.2) is 0 Å². The fourth-order valence-corrected chi connectivity index (χ4v) is 3.35. The van der Waals surface area contributed by atoms with Crippen LogP contribution in [-0.4, -0.2) is 71.8 Å². The monoisotopic (exact) mass is 284 g/mol. The van der Waals surface area contributed by atoms with Crippen molar-refractivity contribution in [2.24, 2.45) is 0 Å². The summed E-state index contributed by atoms with van der Waals surface area (Å²) in [7, 11) is 0. The third-order valence-corrected chi connectivity index (χ3v) is 4.80. The van der Waals surface area contributed by atoms with E-state index in [0.717, 1.165) is 58.5 Å². The number of hydrogen-bond acceptors (Lipinski definition) is 4. The van der Waals surface area contributed by atoms with Gasteiger partial charge in [-0.1, -0.05) is 0 Å². The molecular formula is C15H28N2O3. The van der Waals surface area contributed by atoms with Gasteiger partial charge in [0.25, 0.3) is 0 Å². The van der Waals surface area contributed by atoms with Gasteiger partial charge in [-0.3, -0.25) is 9.69 Å². The zero-order chi connectivity index (χ0) is 14.6. The molecule has 1 spiro atoms. The Labute approximate surface area is 121 Å². The lowest BCUT2D eigenvalue weighted by Crippen LogP contribution is -2.56. The first kappa shape index (κ1) is 15.7. The van der Waals surface area contributed by atoms with Crippen molar-refractivity contribution in [3.8, 4) is 0 Å². The lowest BCUT2D eigenvalue weighted by atomic mass is 9.82. The topological polar surface area (TPSA) is 53.0 Å². The molecule has 116 valence electrons. The number of carbonyl (C=O) groups is 1. The number of aliphatic hydroxyl groups excluding tert-OH is 1. The predicted octanol–water partition coefficient (Wildman–Crippen LogP) is 0.861. The lowest BCUT2D eigenvalue weighted by Gasteiger charge is -2.46. The van der Waals surface area contributed by atoms with E-state index in [9.17, 15) is 9.90 Å². The van der Waals surface area contributed by atoms with E-state index in [1.165, 1.54) is 0 Å². The minimum atomic E-state index is -0.340. The standard InChI is InChI=1S/C15H28N2O3/c1-3-17(4-2)14(19)12-16-9-7-15(8-10-16)13(18)6-5-11-20-15/h13,18H,3-12H2,1-2H3/t13-/m0/s1. The number of piperidine rings is 1. The van der Waals surface area contributed by atoms with Crippen LogP contribution >= 0.6 is 0 Å². The molecule has 0 aromatic heterocycles. The molecule has 5 heteroatoms. The second kappa shape index (κ2) is 6.87. The molecule has 5 nitrogen and oxygen atoms in total. The fraction of sp³-hybridized carbons (Fsp3) is 0.933. The Kier molecular flexibility index (Phi) is 5.41. The number of amides is 1. The van der Waals surface area contributed by atoms with Crippen LogP contribution in [0.25, 0.3) is 0 Å². The van der Waals surface area contributed by atoms with E-state index in [2.05, 4.69) is 4.90 Å². The van der Waals surface area contributed by atoms with Crippen molar-refractivity contribution in [2.45, 2.75) is 51.2 Å². The first-order chi connectivity index (χ1) is 9.61. The van der Waals surface area contributed by atoms with Gasteiger partial charge in [0.05, 0.1) is 18.2 Å². The van der Waals surface area contributed by atoms with Crippen molar-refractivity contribution in [3.05, 3.63) is 0 Å². The summed E-state index contributed by atoms with van der Waals surface area (Å²) in [6, 6.07) is 0. The average Bonchev–Trinajstić information content (AvgIpc) is 2.46. The summed E-state index contributed by atoms with van der Waals surface area (Å²) >= 11 is 0. The van der Waals surface area contributed by atoms with E-state index < -0.39 is 0 Å². The SMILES string of the molecule is CCN(CC)C(=O)CN1CCC2(CC1)OCCC[C@@H]2O. The summed E-state index contributed by atoms with van der Waals surface area (Å²) in [4.78, 5) is 16.2. The summed E-state index contributed by atoms with van der Waals surface area (Å²) in [5, 5.41) is 10.2. The highest BCUT2D eigenvalue weighted by Crippen LogP contribution is 2.35. The molecular weight excluding hydrogens is 256 g/mol. The number of rotatable bonds is 4. The average molecular weight is 284 g/mol. The third-order valence-electron chi connectivity index (χ3n) is 4.80. The van der Waals surface area contributed by atoms with Gasteiger partial charge in [0.1, 0.15) is 0 Å². The number of likely N-dealkylation sites (tertiary alicyclic amines) is 1. The second-order valence-corrected chi connectivity index (χ2v) is 5.91. The molecule has 0 saturated carbocycles. The van der Waals surface area contributed by atoms with E-state index in [1.807, 2.05) is 18.7 Å².